The monoisotopic (exact) mass is 698 g/mol. The van der Waals surface area contributed by atoms with Crippen molar-refractivity contribution >= 4 is 115 Å². The lowest BCUT2D eigenvalue weighted by atomic mass is 9.77. The molecule has 0 saturated heterocycles. The molecule has 3 aliphatic rings. The van der Waals surface area contributed by atoms with Crippen LogP contribution in [0.3, 0.4) is 0 Å². The van der Waals surface area contributed by atoms with Crippen molar-refractivity contribution in [2.45, 2.75) is 38.5 Å². The highest BCUT2D eigenvalue weighted by Crippen LogP contribution is 2.48. The van der Waals surface area contributed by atoms with Crippen LogP contribution in [0.1, 0.15) is 63.1 Å². The Bertz CT molecular complexity index is 3120. The number of hydrogen-bond acceptors (Lipinski definition) is 2. The number of fused-ring (bicyclic) bond motifs is 17. The van der Waals surface area contributed by atoms with Gasteiger partial charge in [0, 0.05) is 29.7 Å². The Morgan fingerprint density at radius 1 is 0.404 bits per heavy atom. The Morgan fingerprint density at radius 2 is 1.02 bits per heavy atom. The summed E-state index contributed by atoms with van der Waals surface area (Å²) in [5.74, 6) is 0. The van der Waals surface area contributed by atoms with Crippen molar-refractivity contribution in [1.82, 2.24) is 0 Å². The average Bonchev–Trinajstić information content (AvgIpc) is 3.78. The third kappa shape index (κ3) is 4.20. The molecule has 9 aromatic rings. The van der Waals surface area contributed by atoms with Crippen LogP contribution in [0.4, 0.5) is 0 Å². The summed E-state index contributed by atoms with van der Waals surface area (Å²) in [6.07, 6.45) is 16.4. The molecular formula is C50H34S2. The molecule has 12 rings (SSSR count). The van der Waals surface area contributed by atoms with Crippen molar-refractivity contribution in [3.63, 3.8) is 0 Å². The Kier molecular flexibility index (Phi) is 6.26. The Labute approximate surface area is 310 Å². The summed E-state index contributed by atoms with van der Waals surface area (Å²) in [5, 5.41) is 12.7. The third-order valence-electron chi connectivity index (χ3n) is 12.2. The molecule has 0 spiro atoms. The summed E-state index contributed by atoms with van der Waals surface area (Å²) in [4.78, 5) is 1.53. The zero-order valence-electron chi connectivity index (χ0n) is 28.8. The van der Waals surface area contributed by atoms with Gasteiger partial charge in [0.1, 0.15) is 0 Å². The summed E-state index contributed by atoms with van der Waals surface area (Å²) < 4.78 is 4.14. The lowest BCUT2D eigenvalue weighted by molar-refractivity contribution is 1.000. The largest absolute Gasteiger partial charge is 0.140 e. The number of thiophene rings is 2. The molecule has 0 bridgehead atoms. The van der Waals surface area contributed by atoms with Crippen LogP contribution in [0.5, 0.6) is 0 Å². The molecule has 0 saturated carbocycles. The molecule has 0 radical (unpaired) electrons. The van der Waals surface area contributed by atoms with Gasteiger partial charge in [-0.2, -0.15) is 0 Å². The van der Waals surface area contributed by atoms with Gasteiger partial charge in [-0.1, -0.05) is 97.1 Å². The van der Waals surface area contributed by atoms with Gasteiger partial charge in [-0.15, -0.1) is 22.7 Å². The molecule has 3 aliphatic carbocycles. The molecule has 2 aromatic heterocycles. The minimum atomic E-state index is 1.05. The maximum absolute atomic E-state index is 2.57. The van der Waals surface area contributed by atoms with E-state index in [1.807, 2.05) is 22.7 Å². The van der Waals surface area contributed by atoms with E-state index >= 15 is 0 Å². The van der Waals surface area contributed by atoms with E-state index in [-0.39, 0.29) is 0 Å². The Morgan fingerprint density at radius 3 is 1.88 bits per heavy atom. The highest BCUT2D eigenvalue weighted by atomic mass is 32.1. The number of allylic oxidation sites excluding steroid dienone is 3. The van der Waals surface area contributed by atoms with Crippen LogP contribution < -0.4 is 0 Å². The summed E-state index contributed by atoms with van der Waals surface area (Å²) >= 11 is 3.88. The van der Waals surface area contributed by atoms with E-state index in [2.05, 4.69) is 133 Å². The topological polar surface area (TPSA) is 0 Å². The zero-order valence-corrected chi connectivity index (χ0v) is 30.4. The zero-order chi connectivity index (χ0) is 33.9. The van der Waals surface area contributed by atoms with Crippen molar-refractivity contribution in [2.75, 3.05) is 0 Å². The minimum absolute atomic E-state index is 1.05. The van der Waals surface area contributed by atoms with Crippen LogP contribution in [0, 0.1) is 0 Å². The second-order valence-electron chi connectivity index (χ2n) is 14.9. The fourth-order valence-corrected chi connectivity index (χ4v) is 12.0. The molecule has 0 fully saturated rings. The first kappa shape index (κ1) is 29.3. The van der Waals surface area contributed by atoms with Gasteiger partial charge in [0.05, 0.1) is 0 Å². The second kappa shape index (κ2) is 11.1. The van der Waals surface area contributed by atoms with Gasteiger partial charge in [0.2, 0.25) is 0 Å². The molecule has 246 valence electrons. The molecular weight excluding hydrogens is 665 g/mol. The molecule has 0 atom stereocenters. The van der Waals surface area contributed by atoms with E-state index in [4.69, 9.17) is 0 Å². The van der Waals surface area contributed by atoms with Crippen molar-refractivity contribution in [3.05, 3.63) is 159 Å². The molecule has 52 heavy (non-hydrogen) atoms. The minimum Gasteiger partial charge on any atom is -0.140 e. The smallest absolute Gasteiger partial charge is 0.0355 e. The van der Waals surface area contributed by atoms with E-state index < -0.39 is 0 Å². The molecule has 0 unspecified atom stereocenters. The predicted molar refractivity (Wildman–Crippen MR) is 230 cm³/mol. The first-order chi connectivity index (χ1) is 25.8. The van der Waals surface area contributed by atoms with E-state index in [0.717, 1.165) is 38.5 Å². The van der Waals surface area contributed by atoms with Crippen molar-refractivity contribution in [3.8, 4) is 0 Å². The van der Waals surface area contributed by atoms with Gasteiger partial charge in [-0.25, -0.2) is 0 Å². The van der Waals surface area contributed by atoms with Crippen molar-refractivity contribution < 1.29 is 0 Å². The van der Waals surface area contributed by atoms with Gasteiger partial charge in [0.15, 0.2) is 0 Å². The van der Waals surface area contributed by atoms with E-state index in [9.17, 15) is 0 Å². The van der Waals surface area contributed by atoms with E-state index in [1.165, 1.54) is 118 Å². The van der Waals surface area contributed by atoms with Crippen LogP contribution in [-0.4, -0.2) is 0 Å². The standard InChI is InChI=1S/C50H34S2/c1-3-13-39-33(9-1)34-10-2-4-14-40(34)50-44-28-30(32-20-24-48-42(26-32)38-12-6-8-16-46(38)52-48)18-22-36(44)35-21-17-29(27-43(35)49(39)50)31-19-23-47-41(25-31)37-11-5-7-15-45(37)51-47/h1,3-9,11-16,18-19,22-23,25-28H,2,10,17,20-21,24H2. The summed E-state index contributed by atoms with van der Waals surface area (Å²) in [7, 11) is 0. The molecule has 7 aromatic carbocycles. The fraction of sp³-hybridized carbons (Fsp3) is 0.120. The van der Waals surface area contributed by atoms with Gasteiger partial charge < -0.3 is 0 Å². The third-order valence-corrected chi connectivity index (χ3v) is 14.6. The highest BCUT2D eigenvalue weighted by Gasteiger charge is 2.25. The van der Waals surface area contributed by atoms with Gasteiger partial charge in [-0.3, -0.25) is 0 Å². The van der Waals surface area contributed by atoms with E-state index in [1.54, 1.807) is 0 Å². The van der Waals surface area contributed by atoms with Crippen molar-refractivity contribution in [2.24, 2.45) is 0 Å². The summed E-state index contributed by atoms with van der Waals surface area (Å²) in [6, 6.07) is 41.7. The molecule has 0 aliphatic heterocycles. The van der Waals surface area contributed by atoms with Crippen LogP contribution in [0.2, 0.25) is 0 Å². The molecule has 0 N–H and O–H groups in total. The second-order valence-corrected chi connectivity index (χ2v) is 17.1. The maximum atomic E-state index is 2.57. The van der Waals surface area contributed by atoms with Gasteiger partial charge in [0.25, 0.3) is 0 Å². The number of rotatable bonds is 2. The highest BCUT2D eigenvalue weighted by molar-refractivity contribution is 7.25. The lowest BCUT2D eigenvalue weighted by Crippen LogP contribution is -2.05. The van der Waals surface area contributed by atoms with E-state index in [0.29, 0.717) is 0 Å². The van der Waals surface area contributed by atoms with Crippen molar-refractivity contribution in [1.29, 1.82) is 0 Å². The number of aryl methyl sites for hydroxylation is 3. The lowest BCUT2D eigenvalue weighted by Gasteiger charge is -2.26. The first-order valence-corrected chi connectivity index (χ1v) is 20.4. The SMILES string of the molecule is C1=Cc2c(c3ccccc3c3c4c(c5ccc(C6=Cc7c(sc8ccccc78)CC6)cc5c23)CCC(c2ccc3sc5ccccc5c3c2)=C4)CC1. The predicted octanol–water partition coefficient (Wildman–Crippen LogP) is 14.7. The molecule has 0 amide bonds. The quantitative estimate of drug-likeness (QED) is 0.158. The first-order valence-electron chi connectivity index (χ1n) is 18.7. The number of benzene rings is 7. The average molecular weight is 699 g/mol. The van der Waals surface area contributed by atoms with Gasteiger partial charge >= 0.3 is 0 Å². The Hall–Kier alpha value is -5.28. The normalized spacial score (nSPS) is 15.4. The van der Waals surface area contributed by atoms with Gasteiger partial charge in [-0.05, 0) is 163 Å². The van der Waals surface area contributed by atoms with Crippen LogP contribution in [0.25, 0.3) is 92.0 Å². The van der Waals surface area contributed by atoms with Crippen LogP contribution in [-0.2, 0) is 19.3 Å². The van der Waals surface area contributed by atoms with Crippen LogP contribution in [0.15, 0.2) is 115 Å². The van der Waals surface area contributed by atoms with Crippen LogP contribution >= 0.6 is 22.7 Å². The summed E-state index contributed by atoms with van der Waals surface area (Å²) in [5.41, 5.74) is 13.0. The number of hydrogen-bond donors (Lipinski definition) is 0. The molecule has 0 nitrogen and oxygen atoms in total. The molecule has 2 heteroatoms. The fourth-order valence-electron chi connectivity index (χ4n) is 9.75. The molecule has 2 heterocycles. The Balaban J connectivity index is 1.13. The maximum Gasteiger partial charge on any atom is 0.0355 e. The summed E-state index contributed by atoms with van der Waals surface area (Å²) in [6.45, 7) is 0.